The van der Waals surface area contributed by atoms with Gasteiger partial charge >= 0.3 is 11.9 Å². The van der Waals surface area contributed by atoms with E-state index in [9.17, 15) is 18.8 Å². The molecule has 0 saturated heterocycles. The van der Waals surface area contributed by atoms with Gasteiger partial charge in [0.05, 0.1) is 25.3 Å². The number of amides is 1. The second-order valence-corrected chi connectivity index (χ2v) is 5.70. The molecule has 0 aliphatic rings. The first kappa shape index (κ1) is 17.6. The van der Waals surface area contributed by atoms with Crippen molar-refractivity contribution in [1.29, 1.82) is 0 Å². The summed E-state index contributed by atoms with van der Waals surface area (Å²) in [7, 11) is 2.39. The van der Waals surface area contributed by atoms with Crippen LogP contribution in [-0.4, -0.2) is 32.1 Å². The van der Waals surface area contributed by atoms with Crippen LogP contribution in [0.2, 0.25) is 0 Å². The Labute approximate surface area is 141 Å². The van der Waals surface area contributed by atoms with E-state index in [4.69, 9.17) is 0 Å². The molecule has 0 radical (unpaired) electrons. The number of halogens is 1. The largest absolute Gasteiger partial charge is 0.465 e. The Morgan fingerprint density at radius 1 is 1.08 bits per heavy atom. The molecule has 1 aromatic carbocycles. The van der Waals surface area contributed by atoms with E-state index in [-0.39, 0.29) is 21.0 Å². The highest BCUT2D eigenvalue weighted by molar-refractivity contribution is 7.18. The average Bonchev–Trinajstić information content (AvgIpc) is 2.90. The van der Waals surface area contributed by atoms with Gasteiger partial charge in [-0.2, -0.15) is 0 Å². The van der Waals surface area contributed by atoms with Crippen LogP contribution < -0.4 is 5.32 Å². The van der Waals surface area contributed by atoms with E-state index in [1.165, 1.54) is 39.3 Å². The molecule has 8 heteroatoms. The molecule has 1 amide bonds. The zero-order valence-electron chi connectivity index (χ0n) is 13.1. The SMILES string of the molecule is COC(=O)c1sc(NC(=O)c2ccccc2F)c(C(=O)OC)c1C. The van der Waals surface area contributed by atoms with E-state index < -0.39 is 23.7 Å². The quantitative estimate of drug-likeness (QED) is 0.856. The van der Waals surface area contributed by atoms with Crippen molar-refractivity contribution in [2.24, 2.45) is 0 Å². The van der Waals surface area contributed by atoms with Gasteiger partial charge in [-0.3, -0.25) is 4.79 Å². The average molecular weight is 351 g/mol. The number of benzene rings is 1. The smallest absolute Gasteiger partial charge is 0.348 e. The number of hydrogen-bond donors (Lipinski definition) is 1. The molecular weight excluding hydrogens is 337 g/mol. The Morgan fingerprint density at radius 3 is 2.29 bits per heavy atom. The molecule has 2 aromatic rings. The summed E-state index contributed by atoms with van der Waals surface area (Å²) in [6.45, 7) is 1.54. The van der Waals surface area contributed by atoms with Gasteiger partial charge in [-0.1, -0.05) is 12.1 Å². The maximum Gasteiger partial charge on any atom is 0.348 e. The Hall–Kier alpha value is -2.74. The summed E-state index contributed by atoms with van der Waals surface area (Å²) in [6, 6.07) is 5.43. The van der Waals surface area contributed by atoms with Crippen LogP contribution in [0.4, 0.5) is 9.39 Å². The molecule has 6 nitrogen and oxygen atoms in total. The fourth-order valence-corrected chi connectivity index (χ4v) is 3.16. The number of ether oxygens (including phenoxy) is 2. The van der Waals surface area contributed by atoms with Gasteiger partial charge in [0, 0.05) is 0 Å². The number of carbonyl (C=O) groups is 3. The lowest BCUT2D eigenvalue weighted by Gasteiger charge is -2.06. The number of hydrogen-bond acceptors (Lipinski definition) is 6. The summed E-state index contributed by atoms with van der Waals surface area (Å²) in [4.78, 5) is 36.2. The molecule has 0 atom stereocenters. The van der Waals surface area contributed by atoms with Crippen molar-refractivity contribution in [3.05, 3.63) is 51.7 Å². The van der Waals surface area contributed by atoms with E-state index in [1.807, 2.05) is 0 Å². The van der Waals surface area contributed by atoms with E-state index in [2.05, 4.69) is 14.8 Å². The van der Waals surface area contributed by atoms with Gasteiger partial charge in [0.25, 0.3) is 5.91 Å². The van der Waals surface area contributed by atoms with Crippen LogP contribution in [0, 0.1) is 12.7 Å². The molecule has 0 spiro atoms. The topological polar surface area (TPSA) is 81.7 Å². The lowest BCUT2D eigenvalue weighted by Crippen LogP contribution is -2.15. The van der Waals surface area contributed by atoms with Crippen LogP contribution in [0.1, 0.15) is 36.0 Å². The Balaban J connectivity index is 2.46. The van der Waals surface area contributed by atoms with Crippen LogP contribution in [0.15, 0.2) is 24.3 Å². The lowest BCUT2D eigenvalue weighted by atomic mass is 10.1. The third-order valence-electron chi connectivity index (χ3n) is 3.25. The molecule has 24 heavy (non-hydrogen) atoms. The molecule has 1 N–H and O–H groups in total. The number of thiophene rings is 1. The Bertz CT molecular complexity index is 815. The Morgan fingerprint density at radius 2 is 1.71 bits per heavy atom. The number of esters is 2. The molecule has 0 aliphatic heterocycles. The predicted octanol–water partition coefficient (Wildman–Crippen LogP) is 3.02. The van der Waals surface area contributed by atoms with Gasteiger partial charge in [-0.25, -0.2) is 14.0 Å². The van der Waals surface area contributed by atoms with Crippen LogP contribution in [-0.2, 0) is 9.47 Å². The predicted molar refractivity (Wildman–Crippen MR) is 86.1 cm³/mol. The number of methoxy groups -OCH3 is 2. The van der Waals surface area contributed by atoms with Crippen molar-refractivity contribution in [2.75, 3.05) is 19.5 Å². The summed E-state index contributed by atoms with van der Waals surface area (Å²) in [5.41, 5.74) is 0.175. The third kappa shape index (κ3) is 3.28. The molecule has 126 valence electrons. The fraction of sp³-hybridized carbons (Fsp3) is 0.188. The summed E-state index contributed by atoms with van der Waals surface area (Å²) in [6.07, 6.45) is 0. The van der Waals surface area contributed by atoms with E-state index in [0.29, 0.717) is 5.56 Å². The van der Waals surface area contributed by atoms with E-state index in [0.717, 1.165) is 17.4 Å². The van der Waals surface area contributed by atoms with Gasteiger partial charge < -0.3 is 14.8 Å². The second kappa shape index (κ2) is 7.22. The van der Waals surface area contributed by atoms with Gasteiger partial charge in [0.1, 0.15) is 15.7 Å². The third-order valence-corrected chi connectivity index (χ3v) is 4.44. The van der Waals surface area contributed by atoms with Crippen LogP contribution >= 0.6 is 11.3 Å². The molecular formula is C16H14FNO5S. The van der Waals surface area contributed by atoms with Crippen molar-refractivity contribution in [2.45, 2.75) is 6.92 Å². The minimum absolute atomic E-state index is 0.0348. The molecule has 0 aliphatic carbocycles. The van der Waals surface area contributed by atoms with E-state index in [1.54, 1.807) is 0 Å². The van der Waals surface area contributed by atoms with Crippen molar-refractivity contribution in [3.63, 3.8) is 0 Å². The molecule has 2 rings (SSSR count). The summed E-state index contributed by atoms with van der Waals surface area (Å²) in [5.74, 6) is -2.80. The molecule has 0 saturated carbocycles. The standard InChI is InChI=1S/C16H14FNO5S/c1-8-11(15(20)22-2)14(24-12(8)16(21)23-3)18-13(19)9-6-4-5-7-10(9)17/h4-7H,1-3H3,(H,18,19). The van der Waals surface area contributed by atoms with Crippen molar-refractivity contribution < 1.29 is 28.2 Å². The van der Waals surface area contributed by atoms with Gasteiger partial charge in [0.15, 0.2) is 0 Å². The van der Waals surface area contributed by atoms with Gasteiger partial charge in [-0.05, 0) is 24.6 Å². The zero-order chi connectivity index (χ0) is 17.9. The molecule has 0 fully saturated rings. The lowest BCUT2D eigenvalue weighted by molar-refractivity contribution is 0.0601. The summed E-state index contributed by atoms with van der Waals surface area (Å²) in [5, 5.41) is 2.54. The first-order valence-electron chi connectivity index (χ1n) is 6.76. The van der Waals surface area contributed by atoms with Gasteiger partial charge in [0.2, 0.25) is 0 Å². The number of nitrogens with one attached hydrogen (secondary N) is 1. The zero-order valence-corrected chi connectivity index (χ0v) is 14.0. The minimum atomic E-state index is -0.740. The van der Waals surface area contributed by atoms with Crippen LogP contribution in [0.25, 0.3) is 0 Å². The highest BCUT2D eigenvalue weighted by atomic mass is 32.1. The highest BCUT2D eigenvalue weighted by Crippen LogP contribution is 2.34. The monoisotopic (exact) mass is 351 g/mol. The van der Waals surface area contributed by atoms with Gasteiger partial charge in [-0.15, -0.1) is 11.3 Å². The van der Waals surface area contributed by atoms with Crippen molar-refractivity contribution >= 4 is 34.2 Å². The second-order valence-electron chi connectivity index (χ2n) is 4.68. The number of rotatable bonds is 4. The van der Waals surface area contributed by atoms with Crippen LogP contribution in [0.3, 0.4) is 0 Å². The molecule has 0 unspecified atom stereocenters. The maximum absolute atomic E-state index is 13.7. The molecule has 0 bridgehead atoms. The normalized spacial score (nSPS) is 10.2. The van der Waals surface area contributed by atoms with Crippen molar-refractivity contribution in [1.82, 2.24) is 0 Å². The summed E-state index contributed by atoms with van der Waals surface area (Å²) < 4.78 is 23.1. The first-order chi connectivity index (χ1) is 11.4. The Kier molecular flexibility index (Phi) is 5.30. The minimum Gasteiger partial charge on any atom is -0.465 e. The fourth-order valence-electron chi connectivity index (χ4n) is 2.05. The number of carbonyl (C=O) groups excluding carboxylic acids is 3. The maximum atomic E-state index is 13.7. The highest BCUT2D eigenvalue weighted by Gasteiger charge is 2.27. The molecule has 1 aromatic heterocycles. The number of anilines is 1. The van der Waals surface area contributed by atoms with E-state index >= 15 is 0 Å². The van der Waals surface area contributed by atoms with Crippen LogP contribution in [0.5, 0.6) is 0 Å². The first-order valence-corrected chi connectivity index (χ1v) is 7.58. The summed E-state index contributed by atoms with van der Waals surface area (Å²) >= 11 is 0.862. The van der Waals surface area contributed by atoms with Crippen molar-refractivity contribution in [3.8, 4) is 0 Å². The molecule has 1 heterocycles.